The number of nitrogens with one attached hydrogen (secondary N) is 1. The van der Waals surface area contributed by atoms with E-state index in [1.54, 1.807) is 13.2 Å². The fourth-order valence-electron chi connectivity index (χ4n) is 4.00. The lowest BCUT2D eigenvalue weighted by Gasteiger charge is -2.21. The molecule has 2 bridgehead atoms. The average Bonchev–Trinajstić information content (AvgIpc) is 3.05. The molecule has 0 radical (unpaired) electrons. The minimum Gasteiger partial charge on any atom is -0.495 e. The number of anilines is 1. The van der Waals surface area contributed by atoms with Crippen LogP contribution in [0.2, 0.25) is 5.02 Å². The Morgan fingerprint density at radius 1 is 1.38 bits per heavy atom. The van der Waals surface area contributed by atoms with Crippen LogP contribution in [0.1, 0.15) is 37.7 Å². The quantitative estimate of drug-likeness (QED) is 0.894. The Bertz CT molecular complexity index is 558. The van der Waals surface area contributed by atoms with Crippen LogP contribution in [0.15, 0.2) is 12.1 Å². The summed E-state index contributed by atoms with van der Waals surface area (Å²) in [4.78, 5) is 12.3. The van der Waals surface area contributed by atoms with Gasteiger partial charge in [0.1, 0.15) is 5.75 Å². The van der Waals surface area contributed by atoms with Crippen LogP contribution in [0, 0.1) is 24.7 Å². The standard InChI is InChI=1S/C17H22ClNO2/c1-10-5-15(16(21-2)9-14(10)18)19-17(20)8-13-7-11-3-4-12(13)6-11/h5,9,11-13H,3-4,6-8H2,1-2H3,(H,19,20)/t11-,12-,13-/m0/s1. The number of aryl methyl sites for hydroxylation is 1. The molecule has 0 aromatic heterocycles. The first-order valence-corrected chi connectivity index (χ1v) is 8.08. The highest BCUT2D eigenvalue weighted by molar-refractivity contribution is 6.31. The summed E-state index contributed by atoms with van der Waals surface area (Å²) < 4.78 is 5.30. The zero-order chi connectivity index (χ0) is 15.0. The molecule has 1 aromatic rings. The highest BCUT2D eigenvalue weighted by Gasteiger charge is 2.40. The van der Waals surface area contributed by atoms with Gasteiger partial charge >= 0.3 is 0 Å². The van der Waals surface area contributed by atoms with E-state index in [4.69, 9.17) is 16.3 Å². The molecule has 2 saturated carbocycles. The molecule has 1 amide bonds. The van der Waals surface area contributed by atoms with Crippen molar-refractivity contribution in [2.75, 3.05) is 12.4 Å². The first kappa shape index (κ1) is 14.7. The van der Waals surface area contributed by atoms with Crippen LogP contribution in [0.3, 0.4) is 0 Å². The van der Waals surface area contributed by atoms with Gasteiger partial charge in [-0.25, -0.2) is 0 Å². The van der Waals surface area contributed by atoms with E-state index in [1.807, 2.05) is 13.0 Å². The van der Waals surface area contributed by atoms with Crippen molar-refractivity contribution in [1.29, 1.82) is 0 Å². The zero-order valence-electron chi connectivity index (χ0n) is 12.6. The highest BCUT2D eigenvalue weighted by atomic mass is 35.5. The Morgan fingerprint density at radius 2 is 2.19 bits per heavy atom. The first-order chi connectivity index (χ1) is 10.1. The lowest BCUT2D eigenvalue weighted by atomic mass is 9.86. The highest BCUT2D eigenvalue weighted by Crippen LogP contribution is 2.49. The van der Waals surface area contributed by atoms with E-state index in [9.17, 15) is 4.79 Å². The summed E-state index contributed by atoms with van der Waals surface area (Å²) in [6, 6.07) is 3.63. The van der Waals surface area contributed by atoms with E-state index in [1.165, 1.54) is 25.7 Å². The Hall–Kier alpha value is -1.22. The number of amides is 1. The van der Waals surface area contributed by atoms with Crippen LogP contribution in [-0.4, -0.2) is 13.0 Å². The number of fused-ring (bicyclic) bond motifs is 2. The summed E-state index contributed by atoms with van der Waals surface area (Å²) >= 11 is 6.09. The second-order valence-corrected chi connectivity index (χ2v) is 6.90. The van der Waals surface area contributed by atoms with Gasteiger partial charge in [-0.15, -0.1) is 0 Å². The van der Waals surface area contributed by atoms with E-state index in [2.05, 4.69) is 5.32 Å². The molecule has 1 N–H and O–H groups in total. The largest absolute Gasteiger partial charge is 0.495 e. The third-order valence-electron chi connectivity index (χ3n) is 5.09. The normalized spacial score (nSPS) is 26.9. The molecule has 0 spiro atoms. The van der Waals surface area contributed by atoms with Gasteiger partial charge in [0, 0.05) is 17.5 Å². The predicted molar refractivity (Wildman–Crippen MR) is 84.9 cm³/mol. The van der Waals surface area contributed by atoms with Gasteiger partial charge < -0.3 is 10.1 Å². The molecule has 0 aliphatic heterocycles. The van der Waals surface area contributed by atoms with Crippen molar-refractivity contribution >= 4 is 23.2 Å². The molecule has 0 saturated heterocycles. The summed E-state index contributed by atoms with van der Waals surface area (Å²) in [5.41, 5.74) is 1.65. The van der Waals surface area contributed by atoms with Crippen molar-refractivity contribution in [2.45, 2.75) is 39.0 Å². The summed E-state index contributed by atoms with van der Waals surface area (Å²) in [6.07, 6.45) is 5.88. The number of halogens is 1. The Labute approximate surface area is 131 Å². The van der Waals surface area contributed by atoms with E-state index in [-0.39, 0.29) is 5.91 Å². The van der Waals surface area contributed by atoms with Crippen LogP contribution in [0.25, 0.3) is 0 Å². The molecular weight excluding hydrogens is 286 g/mol. The maximum Gasteiger partial charge on any atom is 0.224 e. The van der Waals surface area contributed by atoms with Crippen LogP contribution in [0.5, 0.6) is 5.75 Å². The van der Waals surface area contributed by atoms with Gasteiger partial charge in [0.05, 0.1) is 12.8 Å². The second kappa shape index (κ2) is 5.88. The van der Waals surface area contributed by atoms with Crippen molar-refractivity contribution in [2.24, 2.45) is 17.8 Å². The SMILES string of the molecule is COc1cc(Cl)c(C)cc1NC(=O)C[C@@H]1C[C@H]2CC[C@H]1C2. The Kier molecular flexibility index (Phi) is 4.12. The number of ether oxygens (including phenoxy) is 1. The molecule has 0 unspecified atom stereocenters. The molecule has 3 rings (SSSR count). The lowest BCUT2D eigenvalue weighted by Crippen LogP contribution is -2.20. The zero-order valence-corrected chi connectivity index (χ0v) is 13.4. The monoisotopic (exact) mass is 307 g/mol. The van der Waals surface area contributed by atoms with Crippen LogP contribution in [-0.2, 0) is 4.79 Å². The molecule has 1 aromatic carbocycles. The summed E-state index contributed by atoms with van der Waals surface area (Å²) in [6.45, 7) is 1.92. The summed E-state index contributed by atoms with van der Waals surface area (Å²) in [5.74, 6) is 2.93. The summed E-state index contributed by atoms with van der Waals surface area (Å²) in [5, 5.41) is 3.64. The van der Waals surface area contributed by atoms with Gasteiger partial charge in [0.15, 0.2) is 0 Å². The van der Waals surface area contributed by atoms with Crippen LogP contribution in [0.4, 0.5) is 5.69 Å². The van der Waals surface area contributed by atoms with Gasteiger partial charge in [-0.2, -0.15) is 0 Å². The molecule has 2 aliphatic carbocycles. The van der Waals surface area contributed by atoms with Crippen LogP contribution < -0.4 is 10.1 Å². The Balaban J connectivity index is 1.66. The average molecular weight is 308 g/mol. The molecule has 3 nitrogen and oxygen atoms in total. The number of carbonyl (C=O) groups excluding carboxylic acids is 1. The maximum absolute atomic E-state index is 12.3. The predicted octanol–water partition coefficient (Wildman–Crippen LogP) is 4.42. The number of carbonyl (C=O) groups is 1. The van der Waals surface area contributed by atoms with Crippen molar-refractivity contribution in [3.05, 3.63) is 22.7 Å². The molecular formula is C17H22ClNO2. The molecule has 2 aliphatic rings. The lowest BCUT2D eigenvalue weighted by molar-refractivity contribution is -0.117. The van der Waals surface area contributed by atoms with E-state index < -0.39 is 0 Å². The fraction of sp³-hybridized carbons (Fsp3) is 0.588. The van der Waals surface area contributed by atoms with Crippen molar-refractivity contribution < 1.29 is 9.53 Å². The molecule has 4 heteroatoms. The molecule has 0 heterocycles. The van der Waals surface area contributed by atoms with E-state index in [0.717, 1.165) is 17.4 Å². The number of methoxy groups -OCH3 is 1. The van der Waals surface area contributed by atoms with Crippen molar-refractivity contribution in [1.82, 2.24) is 0 Å². The van der Waals surface area contributed by atoms with Crippen molar-refractivity contribution in [3.63, 3.8) is 0 Å². The number of hydrogen-bond acceptors (Lipinski definition) is 2. The molecule has 21 heavy (non-hydrogen) atoms. The van der Waals surface area contributed by atoms with E-state index >= 15 is 0 Å². The molecule has 3 atom stereocenters. The van der Waals surface area contributed by atoms with Gasteiger partial charge in [-0.05, 0) is 55.6 Å². The number of hydrogen-bond donors (Lipinski definition) is 1. The van der Waals surface area contributed by atoms with Crippen LogP contribution >= 0.6 is 11.6 Å². The molecule has 114 valence electrons. The number of benzene rings is 1. The fourth-order valence-corrected chi connectivity index (χ4v) is 4.15. The maximum atomic E-state index is 12.3. The third kappa shape index (κ3) is 3.03. The minimum atomic E-state index is 0.0903. The first-order valence-electron chi connectivity index (χ1n) is 7.70. The summed E-state index contributed by atoms with van der Waals surface area (Å²) in [7, 11) is 1.59. The van der Waals surface area contributed by atoms with Gasteiger partial charge in [-0.3, -0.25) is 4.79 Å². The third-order valence-corrected chi connectivity index (χ3v) is 5.49. The Morgan fingerprint density at radius 3 is 2.81 bits per heavy atom. The van der Waals surface area contributed by atoms with E-state index in [0.29, 0.717) is 28.8 Å². The van der Waals surface area contributed by atoms with Gasteiger partial charge in [-0.1, -0.05) is 18.0 Å². The van der Waals surface area contributed by atoms with Crippen molar-refractivity contribution in [3.8, 4) is 5.75 Å². The van der Waals surface area contributed by atoms with Gasteiger partial charge in [0.2, 0.25) is 5.91 Å². The van der Waals surface area contributed by atoms with Gasteiger partial charge in [0.25, 0.3) is 0 Å². The second-order valence-electron chi connectivity index (χ2n) is 6.49. The molecule has 2 fully saturated rings. The topological polar surface area (TPSA) is 38.3 Å². The minimum absolute atomic E-state index is 0.0903. The number of rotatable bonds is 4. The smallest absolute Gasteiger partial charge is 0.224 e.